The minimum absolute atomic E-state index is 0. The Hall–Kier alpha value is -0.0800. The molecule has 2 N–H and O–H groups in total. The lowest BCUT2D eigenvalue weighted by Gasteiger charge is -2.34. The summed E-state index contributed by atoms with van der Waals surface area (Å²) in [6.07, 6.45) is 4.58. The predicted octanol–water partition coefficient (Wildman–Crippen LogP) is 1.51. The number of aliphatic hydroxyl groups excluding tert-OH is 1. The number of rotatable bonds is 4. The van der Waals surface area contributed by atoms with Crippen LogP contribution in [-0.2, 0) is 0 Å². The number of aliphatic imine (C=N–C) groups is 1. The van der Waals surface area contributed by atoms with Gasteiger partial charge in [-0.1, -0.05) is 13.3 Å². The molecule has 2 saturated heterocycles. The highest BCUT2D eigenvalue weighted by molar-refractivity contribution is 14.0. The van der Waals surface area contributed by atoms with E-state index in [0.29, 0.717) is 12.6 Å². The molecule has 0 aromatic heterocycles. The number of β-amino-alcohol motifs (C(OH)–C–C–N with tert-alkyl or cyclic N) is 1. The van der Waals surface area contributed by atoms with Crippen molar-refractivity contribution in [2.24, 2.45) is 4.99 Å². The molecule has 5 nitrogen and oxygen atoms in total. The van der Waals surface area contributed by atoms with E-state index in [9.17, 15) is 5.11 Å². The van der Waals surface area contributed by atoms with E-state index < -0.39 is 0 Å². The summed E-state index contributed by atoms with van der Waals surface area (Å²) in [7, 11) is 0. The van der Waals surface area contributed by atoms with E-state index in [1.54, 1.807) is 0 Å². The molecule has 1 unspecified atom stereocenters. The number of nitrogens with zero attached hydrogens (tertiary/aromatic N) is 3. The van der Waals surface area contributed by atoms with Crippen molar-refractivity contribution in [1.29, 1.82) is 0 Å². The second-order valence-corrected chi connectivity index (χ2v) is 5.86. The Kier molecular flexibility index (Phi) is 8.89. The molecule has 2 fully saturated rings. The van der Waals surface area contributed by atoms with Crippen LogP contribution in [0.5, 0.6) is 0 Å². The van der Waals surface area contributed by atoms with E-state index in [1.165, 1.54) is 25.8 Å². The van der Waals surface area contributed by atoms with Crippen molar-refractivity contribution in [2.75, 3.05) is 39.3 Å². The Morgan fingerprint density at radius 2 is 2.05 bits per heavy atom. The Balaban J connectivity index is 0.00000220. The monoisotopic (exact) mass is 410 g/mol. The van der Waals surface area contributed by atoms with E-state index >= 15 is 0 Å². The van der Waals surface area contributed by atoms with Crippen LogP contribution in [0.4, 0.5) is 0 Å². The Labute approximate surface area is 146 Å². The molecule has 0 aromatic rings. The summed E-state index contributed by atoms with van der Waals surface area (Å²) >= 11 is 0. The summed E-state index contributed by atoms with van der Waals surface area (Å²) in [4.78, 5) is 9.57. The van der Waals surface area contributed by atoms with Crippen molar-refractivity contribution < 1.29 is 5.11 Å². The van der Waals surface area contributed by atoms with E-state index in [4.69, 9.17) is 4.99 Å². The number of likely N-dealkylation sites (N-methyl/N-ethyl adjacent to an activating group) is 1. The molecule has 0 saturated carbocycles. The van der Waals surface area contributed by atoms with E-state index in [-0.39, 0.29) is 30.1 Å². The van der Waals surface area contributed by atoms with E-state index in [0.717, 1.165) is 38.6 Å². The van der Waals surface area contributed by atoms with Gasteiger partial charge in [-0.25, -0.2) is 0 Å². The maximum atomic E-state index is 9.68. The van der Waals surface area contributed by atoms with Gasteiger partial charge in [0.15, 0.2) is 5.96 Å². The summed E-state index contributed by atoms with van der Waals surface area (Å²) in [6.45, 7) is 10.1. The fourth-order valence-corrected chi connectivity index (χ4v) is 3.23. The van der Waals surface area contributed by atoms with Gasteiger partial charge in [0, 0.05) is 25.7 Å². The number of aliphatic hydroxyl groups is 1. The number of hydrogen-bond acceptors (Lipinski definition) is 3. The van der Waals surface area contributed by atoms with Crippen LogP contribution in [0.15, 0.2) is 4.99 Å². The van der Waals surface area contributed by atoms with Crippen LogP contribution in [0.2, 0.25) is 0 Å². The second kappa shape index (κ2) is 9.84. The molecule has 2 aliphatic heterocycles. The van der Waals surface area contributed by atoms with Crippen LogP contribution in [-0.4, -0.2) is 72.3 Å². The molecular weight excluding hydrogens is 379 g/mol. The van der Waals surface area contributed by atoms with Gasteiger partial charge in [-0.3, -0.25) is 9.89 Å². The summed E-state index contributed by atoms with van der Waals surface area (Å²) in [6, 6.07) is 0.593. The number of nitrogens with one attached hydrogen (secondary N) is 1. The van der Waals surface area contributed by atoms with Crippen LogP contribution in [0.1, 0.15) is 39.5 Å². The van der Waals surface area contributed by atoms with Crippen LogP contribution >= 0.6 is 24.0 Å². The quantitative estimate of drug-likeness (QED) is 0.419. The molecule has 0 spiro atoms. The van der Waals surface area contributed by atoms with Gasteiger partial charge in [0.05, 0.1) is 12.6 Å². The zero-order valence-corrected chi connectivity index (χ0v) is 15.8. The standard InChI is InChI=1S/C15H30N4O.HI/c1-3-16-15(19-10-8-14(20)12-19)17-11-13-7-5-6-9-18(13)4-2;/h13-14,20H,3-12H2,1-2H3,(H,16,17);1H/t13?,14-;/m1./s1. The Morgan fingerprint density at radius 1 is 1.24 bits per heavy atom. The lowest BCUT2D eigenvalue weighted by Crippen LogP contribution is -2.44. The van der Waals surface area contributed by atoms with Crippen LogP contribution < -0.4 is 5.32 Å². The molecule has 0 aliphatic carbocycles. The van der Waals surface area contributed by atoms with Crippen molar-refractivity contribution in [1.82, 2.24) is 15.1 Å². The van der Waals surface area contributed by atoms with Crippen LogP contribution in [0.25, 0.3) is 0 Å². The van der Waals surface area contributed by atoms with Gasteiger partial charge in [0.25, 0.3) is 0 Å². The molecule has 0 amide bonds. The number of piperidine rings is 1. The Morgan fingerprint density at radius 3 is 2.67 bits per heavy atom. The van der Waals surface area contributed by atoms with Gasteiger partial charge in [-0.15, -0.1) is 24.0 Å². The SMILES string of the molecule is CCNC(=NCC1CCCCN1CC)N1CC[C@@H](O)C1.I. The molecule has 2 atom stereocenters. The minimum atomic E-state index is -0.194. The smallest absolute Gasteiger partial charge is 0.194 e. The molecular formula is C15H31IN4O. The third-order valence-corrected chi connectivity index (χ3v) is 4.40. The van der Waals surface area contributed by atoms with Crippen LogP contribution in [0.3, 0.4) is 0 Å². The van der Waals surface area contributed by atoms with Crippen molar-refractivity contribution >= 4 is 29.9 Å². The maximum Gasteiger partial charge on any atom is 0.194 e. The van der Waals surface area contributed by atoms with Gasteiger partial charge in [-0.05, 0) is 39.3 Å². The summed E-state index contributed by atoms with van der Waals surface area (Å²) in [5, 5.41) is 13.0. The average molecular weight is 410 g/mol. The van der Waals surface area contributed by atoms with Crippen molar-refractivity contribution in [2.45, 2.75) is 51.7 Å². The van der Waals surface area contributed by atoms with Gasteiger partial charge in [-0.2, -0.15) is 0 Å². The van der Waals surface area contributed by atoms with Gasteiger partial charge in [0.1, 0.15) is 0 Å². The summed E-state index contributed by atoms with van der Waals surface area (Å²) < 4.78 is 0. The normalized spacial score (nSPS) is 27.6. The molecule has 2 heterocycles. The highest BCUT2D eigenvalue weighted by Crippen LogP contribution is 2.17. The van der Waals surface area contributed by atoms with Crippen molar-refractivity contribution in [3.8, 4) is 0 Å². The third-order valence-electron chi connectivity index (χ3n) is 4.40. The molecule has 0 aromatic carbocycles. The first-order valence-corrected chi connectivity index (χ1v) is 8.20. The largest absolute Gasteiger partial charge is 0.391 e. The first-order valence-electron chi connectivity index (χ1n) is 8.20. The zero-order valence-electron chi connectivity index (χ0n) is 13.4. The van der Waals surface area contributed by atoms with Gasteiger partial charge in [0.2, 0.25) is 0 Å². The predicted molar refractivity (Wildman–Crippen MR) is 98.5 cm³/mol. The van der Waals surface area contributed by atoms with Crippen LogP contribution in [0, 0.1) is 0 Å². The topological polar surface area (TPSA) is 51.1 Å². The summed E-state index contributed by atoms with van der Waals surface area (Å²) in [5.74, 6) is 0.977. The molecule has 21 heavy (non-hydrogen) atoms. The third kappa shape index (κ3) is 5.56. The number of halogens is 1. The number of likely N-dealkylation sites (tertiary alicyclic amines) is 2. The minimum Gasteiger partial charge on any atom is -0.391 e. The van der Waals surface area contributed by atoms with Gasteiger partial charge < -0.3 is 15.3 Å². The number of guanidine groups is 1. The number of hydrogen-bond donors (Lipinski definition) is 2. The second-order valence-electron chi connectivity index (χ2n) is 5.86. The zero-order chi connectivity index (χ0) is 14.4. The molecule has 124 valence electrons. The Bertz CT molecular complexity index is 327. The lowest BCUT2D eigenvalue weighted by atomic mass is 10.0. The molecule has 2 aliphatic rings. The molecule has 0 radical (unpaired) electrons. The fourth-order valence-electron chi connectivity index (χ4n) is 3.23. The maximum absolute atomic E-state index is 9.68. The molecule has 2 rings (SSSR count). The summed E-state index contributed by atoms with van der Waals surface area (Å²) in [5.41, 5.74) is 0. The van der Waals surface area contributed by atoms with E-state index in [2.05, 4.69) is 29.0 Å². The highest BCUT2D eigenvalue weighted by Gasteiger charge is 2.24. The average Bonchev–Trinajstić information content (AvgIpc) is 2.90. The first-order chi connectivity index (χ1) is 9.74. The van der Waals surface area contributed by atoms with Crippen molar-refractivity contribution in [3.63, 3.8) is 0 Å². The first kappa shape index (κ1) is 19.0. The lowest BCUT2D eigenvalue weighted by molar-refractivity contribution is 0.161. The molecule has 0 bridgehead atoms. The van der Waals surface area contributed by atoms with Crippen molar-refractivity contribution in [3.05, 3.63) is 0 Å². The fraction of sp³-hybridized carbons (Fsp3) is 0.933. The molecule has 6 heteroatoms. The van der Waals surface area contributed by atoms with Gasteiger partial charge >= 0.3 is 0 Å². The highest BCUT2D eigenvalue weighted by atomic mass is 127. The van der Waals surface area contributed by atoms with E-state index in [1.807, 2.05) is 0 Å².